The van der Waals surface area contributed by atoms with Crippen molar-refractivity contribution in [2.24, 2.45) is 5.73 Å². The molecule has 2 fully saturated rings. The second-order valence-electron chi connectivity index (χ2n) is 9.49. The zero-order chi connectivity index (χ0) is 23.3. The molecule has 6 nitrogen and oxygen atoms in total. The summed E-state index contributed by atoms with van der Waals surface area (Å²) < 4.78 is 2.35. The van der Waals surface area contributed by atoms with Crippen LogP contribution in [0.2, 0.25) is 0 Å². The number of hydrogen-bond donors (Lipinski definition) is 1. The topological polar surface area (TPSA) is 67.4 Å². The number of fused-ring (bicyclic) bond motifs is 1. The van der Waals surface area contributed by atoms with E-state index in [0.717, 1.165) is 75.4 Å². The van der Waals surface area contributed by atoms with Crippen molar-refractivity contribution in [1.29, 1.82) is 0 Å². The largest absolute Gasteiger partial charge is 0.331 e. The molecule has 0 unspecified atom stereocenters. The van der Waals surface area contributed by atoms with Gasteiger partial charge < -0.3 is 15.5 Å². The predicted octanol–water partition coefficient (Wildman–Crippen LogP) is 4.24. The average Bonchev–Trinajstić information content (AvgIpc) is 3.55. The molecule has 1 aromatic heterocycles. The molecule has 0 saturated carbocycles. The molecule has 180 valence electrons. The average molecular weight is 478 g/mol. The van der Waals surface area contributed by atoms with E-state index in [1.165, 1.54) is 17.0 Å². The first-order valence-electron chi connectivity index (χ1n) is 12.6. The quantitative estimate of drug-likeness (QED) is 0.492. The number of hydrogen-bond acceptors (Lipinski definition) is 5. The van der Waals surface area contributed by atoms with Crippen molar-refractivity contribution in [3.63, 3.8) is 0 Å². The van der Waals surface area contributed by atoms with Gasteiger partial charge in [-0.1, -0.05) is 36.8 Å². The second kappa shape index (κ2) is 10.9. The van der Waals surface area contributed by atoms with Crippen molar-refractivity contribution >= 4 is 28.7 Å². The molecule has 0 bridgehead atoms. The van der Waals surface area contributed by atoms with Gasteiger partial charge in [-0.25, -0.2) is 4.98 Å². The maximum absolute atomic E-state index is 12.4. The van der Waals surface area contributed by atoms with Gasteiger partial charge in [0.25, 0.3) is 0 Å². The third-order valence-electron chi connectivity index (χ3n) is 7.17. The molecule has 2 aliphatic heterocycles. The van der Waals surface area contributed by atoms with E-state index in [2.05, 4.69) is 64.1 Å². The summed E-state index contributed by atoms with van der Waals surface area (Å²) in [5.41, 5.74) is 9.61. The molecule has 0 aliphatic carbocycles. The van der Waals surface area contributed by atoms with Gasteiger partial charge >= 0.3 is 0 Å². The van der Waals surface area contributed by atoms with Gasteiger partial charge in [-0.2, -0.15) is 0 Å². The molecule has 2 aliphatic rings. The van der Waals surface area contributed by atoms with Gasteiger partial charge in [-0.3, -0.25) is 9.36 Å². The van der Waals surface area contributed by atoms with Crippen LogP contribution in [0.3, 0.4) is 0 Å². The van der Waals surface area contributed by atoms with Crippen LogP contribution >= 0.6 is 11.8 Å². The standard InChI is InChI=1S/C27H35N5OS/c28-23(27(33)31-18-19-34-20-31)10-6-7-15-30-16-13-21(14-17-30)26-29-24-11-4-5-12-25(24)32(26)22-8-2-1-3-9-22/h1-5,8-9,11-12,21,23H,6-7,10,13-20,28H2/t23-/m0/s1. The Hall–Kier alpha value is -2.35. The Labute approximate surface area is 206 Å². The number of nitrogens with zero attached hydrogens (tertiary/aromatic N) is 4. The number of piperidine rings is 1. The number of likely N-dealkylation sites (tertiary alicyclic amines) is 1. The number of para-hydroxylation sites is 3. The van der Waals surface area contributed by atoms with Crippen LogP contribution in [0.25, 0.3) is 16.7 Å². The molecule has 3 heterocycles. The first-order chi connectivity index (χ1) is 16.7. The maximum Gasteiger partial charge on any atom is 0.240 e. The Kier molecular flexibility index (Phi) is 7.52. The summed E-state index contributed by atoms with van der Waals surface area (Å²) >= 11 is 1.81. The smallest absolute Gasteiger partial charge is 0.240 e. The van der Waals surface area contributed by atoms with Crippen LogP contribution in [-0.4, -0.2) is 69.1 Å². The summed E-state index contributed by atoms with van der Waals surface area (Å²) in [6.45, 7) is 4.13. The predicted molar refractivity (Wildman–Crippen MR) is 140 cm³/mol. The Bertz CT molecular complexity index is 1090. The maximum atomic E-state index is 12.4. The summed E-state index contributed by atoms with van der Waals surface area (Å²) in [5, 5.41) is 0. The molecule has 7 heteroatoms. The minimum atomic E-state index is -0.338. The number of carbonyl (C=O) groups is 1. The normalized spacial score (nSPS) is 18.6. The number of imidazole rings is 1. The number of nitrogens with two attached hydrogens (primary N) is 1. The lowest BCUT2D eigenvalue weighted by atomic mass is 9.95. The van der Waals surface area contributed by atoms with Crippen molar-refractivity contribution in [3.8, 4) is 5.69 Å². The fourth-order valence-corrected chi connectivity index (χ4v) is 6.18. The van der Waals surface area contributed by atoms with Crippen molar-refractivity contribution < 1.29 is 4.79 Å². The van der Waals surface area contributed by atoms with E-state index in [9.17, 15) is 4.79 Å². The molecule has 2 saturated heterocycles. The van der Waals surface area contributed by atoms with Gasteiger partial charge in [0.05, 0.1) is 23.0 Å². The van der Waals surface area contributed by atoms with Gasteiger partial charge in [0.15, 0.2) is 0 Å². The second-order valence-corrected chi connectivity index (χ2v) is 10.6. The fraction of sp³-hybridized carbons (Fsp3) is 0.481. The molecule has 1 amide bonds. The Balaban J connectivity index is 1.14. The van der Waals surface area contributed by atoms with Crippen LogP contribution in [-0.2, 0) is 4.79 Å². The summed E-state index contributed by atoms with van der Waals surface area (Å²) in [4.78, 5) is 21.9. The summed E-state index contributed by atoms with van der Waals surface area (Å²) in [7, 11) is 0. The van der Waals surface area contributed by atoms with Crippen LogP contribution < -0.4 is 5.73 Å². The molecular formula is C27H35N5OS. The van der Waals surface area contributed by atoms with Crippen molar-refractivity contribution in [2.45, 2.75) is 44.1 Å². The van der Waals surface area contributed by atoms with Crippen LogP contribution in [0.15, 0.2) is 54.6 Å². The van der Waals surface area contributed by atoms with E-state index in [4.69, 9.17) is 10.7 Å². The minimum Gasteiger partial charge on any atom is -0.331 e. The zero-order valence-corrected chi connectivity index (χ0v) is 20.6. The molecule has 0 spiro atoms. The van der Waals surface area contributed by atoms with E-state index >= 15 is 0 Å². The highest BCUT2D eigenvalue weighted by atomic mass is 32.2. The molecular weight excluding hydrogens is 442 g/mol. The van der Waals surface area contributed by atoms with E-state index in [-0.39, 0.29) is 11.9 Å². The van der Waals surface area contributed by atoms with Gasteiger partial charge in [0, 0.05) is 23.9 Å². The summed E-state index contributed by atoms with van der Waals surface area (Å²) in [6.07, 6.45) is 5.15. The first-order valence-corrected chi connectivity index (χ1v) is 13.7. The number of thioether (sulfide) groups is 1. The third-order valence-corrected chi connectivity index (χ3v) is 8.14. The molecule has 2 N–H and O–H groups in total. The van der Waals surface area contributed by atoms with Crippen LogP contribution in [0.5, 0.6) is 0 Å². The Morgan fingerprint density at radius 3 is 2.56 bits per heavy atom. The number of unbranched alkanes of at least 4 members (excludes halogenated alkanes) is 1. The molecule has 34 heavy (non-hydrogen) atoms. The van der Waals surface area contributed by atoms with Gasteiger partial charge in [0.2, 0.25) is 5.91 Å². The van der Waals surface area contributed by atoms with Crippen molar-refractivity contribution in [2.75, 3.05) is 37.8 Å². The molecule has 0 radical (unpaired) electrons. The van der Waals surface area contributed by atoms with E-state index < -0.39 is 0 Å². The highest BCUT2D eigenvalue weighted by Gasteiger charge is 2.26. The fourth-order valence-electron chi connectivity index (χ4n) is 5.23. The molecule has 2 aromatic carbocycles. The first kappa shape index (κ1) is 23.4. The minimum absolute atomic E-state index is 0.132. The monoisotopic (exact) mass is 477 g/mol. The molecule has 1 atom stereocenters. The lowest BCUT2D eigenvalue weighted by Gasteiger charge is -2.32. The van der Waals surface area contributed by atoms with Gasteiger partial charge in [-0.05, 0) is 69.6 Å². The van der Waals surface area contributed by atoms with Crippen LogP contribution in [0.4, 0.5) is 0 Å². The number of carbonyl (C=O) groups excluding carboxylic acids is 1. The molecule has 3 aromatic rings. The van der Waals surface area contributed by atoms with E-state index in [0.29, 0.717) is 5.92 Å². The summed E-state index contributed by atoms with van der Waals surface area (Å²) in [6, 6.07) is 18.7. The Morgan fingerprint density at radius 1 is 1.03 bits per heavy atom. The van der Waals surface area contributed by atoms with Crippen LogP contribution in [0, 0.1) is 0 Å². The highest BCUT2D eigenvalue weighted by Crippen LogP contribution is 2.32. The lowest BCUT2D eigenvalue weighted by Crippen LogP contribution is -2.42. The van der Waals surface area contributed by atoms with E-state index in [1.807, 2.05) is 16.7 Å². The summed E-state index contributed by atoms with van der Waals surface area (Å²) in [5.74, 6) is 3.63. The van der Waals surface area contributed by atoms with Crippen molar-refractivity contribution in [3.05, 3.63) is 60.4 Å². The van der Waals surface area contributed by atoms with Gasteiger partial charge in [-0.15, -0.1) is 11.8 Å². The number of benzene rings is 2. The number of amides is 1. The van der Waals surface area contributed by atoms with E-state index in [1.54, 1.807) is 0 Å². The van der Waals surface area contributed by atoms with Gasteiger partial charge in [0.1, 0.15) is 5.82 Å². The number of aromatic nitrogens is 2. The highest BCUT2D eigenvalue weighted by molar-refractivity contribution is 7.99. The van der Waals surface area contributed by atoms with Crippen molar-refractivity contribution in [1.82, 2.24) is 19.4 Å². The van der Waals surface area contributed by atoms with Crippen LogP contribution in [0.1, 0.15) is 43.8 Å². The third kappa shape index (κ3) is 5.16. The SMILES string of the molecule is N[C@@H](CCCCN1CCC(c2nc3ccccc3n2-c2ccccc2)CC1)C(=O)N1CCSC1. The number of rotatable bonds is 8. The Morgan fingerprint density at radius 2 is 1.79 bits per heavy atom. The molecule has 5 rings (SSSR count). The lowest BCUT2D eigenvalue weighted by molar-refractivity contribution is -0.131. The zero-order valence-electron chi connectivity index (χ0n) is 19.8.